The van der Waals surface area contributed by atoms with Gasteiger partial charge in [0.1, 0.15) is 17.6 Å². The molecule has 1 N–H and O–H groups in total. The van der Waals surface area contributed by atoms with Gasteiger partial charge in [-0.2, -0.15) is 5.26 Å². The number of ether oxygens (including phenoxy) is 2. The van der Waals surface area contributed by atoms with Crippen molar-refractivity contribution in [1.29, 1.82) is 5.26 Å². The molecule has 0 aliphatic rings. The second-order valence-corrected chi connectivity index (χ2v) is 4.82. The monoisotopic (exact) mass is 311 g/mol. The van der Waals surface area contributed by atoms with E-state index in [1.54, 1.807) is 14.0 Å². The first-order chi connectivity index (χ1) is 11.1. The second kappa shape index (κ2) is 7.27. The molecule has 0 saturated carbocycles. The molecule has 1 aromatic heterocycles. The van der Waals surface area contributed by atoms with Gasteiger partial charge in [0, 0.05) is 6.54 Å². The van der Waals surface area contributed by atoms with Crippen LogP contribution in [0.5, 0.6) is 5.75 Å². The molecule has 118 valence electrons. The minimum Gasteiger partial charge on any atom is -0.497 e. The largest absolute Gasteiger partial charge is 0.497 e. The summed E-state index contributed by atoms with van der Waals surface area (Å²) in [7, 11) is 2.91. The smallest absolute Gasteiger partial charge is 0.339 e. The number of carbonyl (C=O) groups excluding carboxylic acids is 1. The lowest BCUT2D eigenvalue weighted by molar-refractivity contribution is 0.0599. The van der Waals surface area contributed by atoms with Crippen LogP contribution in [0.3, 0.4) is 0 Å². The van der Waals surface area contributed by atoms with E-state index < -0.39 is 5.97 Å². The molecule has 0 aliphatic carbocycles. The zero-order valence-electron chi connectivity index (χ0n) is 13.2. The Bertz CT molecular complexity index is 749. The highest BCUT2D eigenvalue weighted by Crippen LogP contribution is 2.19. The van der Waals surface area contributed by atoms with Crippen molar-refractivity contribution in [3.63, 3.8) is 0 Å². The molecule has 0 atom stereocenters. The number of hydrogen-bond acceptors (Lipinski definition) is 6. The summed E-state index contributed by atoms with van der Waals surface area (Å²) in [6.45, 7) is 2.20. The van der Waals surface area contributed by atoms with Crippen LogP contribution in [-0.2, 0) is 11.3 Å². The molecule has 0 radical (unpaired) electrons. The number of benzene rings is 1. The molecule has 1 aromatic carbocycles. The number of aromatic nitrogens is 1. The molecule has 6 heteroatoms. The van der Waals surface area contributed by atoms with E-state index in [1.807, 2.05) is 30.3 Å². The first-order valence-electron chi connectivity index (χ1n) is 6.96. The summed E-state index contributed by atoms with van der Waals surface area (Å²) < 4.78 is 9.80. The van der Waals surface area contributed by atoms with Gasteiger partial charge in [-0.25, -0.2) is 9.78 Å². The van der Waals surface area contributed by atoms with Crippen molar-refractivity contribution in [2.24, 2.45) is 0 Å². The first-order valence-corrected chi connectivity index (χ1v) is 6.96. The maximum Gasteiger partial charge on any atom is 0.339 e. The number of esters is 1. The van der Waals surface area contributed by atoms with Crippen molar-refractivity contribution in [3.05, 3.63) is 52.7 Å². The zero-order valence-corrected chi connectivity index (χ0v) is 13.2. The average Bonchev–Trinajstić information content (AvgIpc) is 2.59. The molecular formula is C17H17N3O3. The van der Waals surface area contributed by atoms with Crippen molar-refractivity contribution in [1.82, 2.24) is 4.98 Å². The van der Waals surface area contributed by atoms with Crippen LogP contribution in [0.2, 0.25) is 0 Å². The molecule has 0 saturated heterocycles. The number of methoxy groups -OCH3 is 2. The molecular weight excluding hydrogens is 294 g/mol. The lowest BCUT2D eigenvalue weighted by Crippen LogP contribution is -2.10. The standard InChI is InChI=1S/C17H17N3O3/c1-11-15(17(21)23-3)8-13(9-18)16(20-11)19-10-12-4-6-14(22-2)7-5-12/h4-8H,10H2,1-3H3,(H,19,20). The van der Waals surface area contributed by atoms with Gasteiger partial charge >= 0.3 is 5.97 Å². The summed E-state index contributed by atoms with van der Waals surface area (Å²) in [6, 6.07) is 11.1. The molecule has 0 spiro atoms. The Morgan fingerprint density at radius 1 is 1.30 bits per heavy atom. The molecule has 23 heavy (non-hydrogen) atoms. The Morgan fingerprint density at radius 3 is 2.57 bits per heavy atom. The Balaban J connectivity index is 2.20. The number of nitrogens with one attached hydrogen (secondary N) is 1. The third kappa shape index (κ3) is 3.77. The third-order valence-electron chi connectivity index (χ3n) is 3.36. The van der Waals surface area contributed by atoms with Gasteiger partial charge in [0.15, 0.2) is 0 Å². The SMILES string of the molecule is COC(=O)c1cc(C#N)c(NCc2ccc(OC)cc2)nc1C. The fourth-order valence-corrected chi connectivity index (χ4v) is 2.07. The van der Waals surface area contributed by atoms with Crippen LogP contribution in [0.4, 0.5) is 5.82 Å². The summed E-state index contributed by atoms with van der Waals surface area (Å²) in [5, 5.41) is 12.4. The highest BCUT2D eigenvalue weighted by atomic mass is 16.5. The van der Waals surface area contributed by atoms with Crippen LogP contribution in [0.25, 0.3) is 0 Å². The van der Waals surface area contributed by atoms with Crippen LogP contribution >= 0.6 is 0 Å². The predicted molar refractivity (Wildman–Crippen MR) is 85.3 cm³/mol. The van der Waals surface area contributed by atoms with E-state index in [0.717, 1.165) is 11.3 Å². The number of anilines is 1. The number of nitriles is 1. The summed E-state index contributed by atoms with van der Waals surface area (Å²) in [4.78, 5) is 16.0. The second-order valence-electron chi connectivity index (χ2n) is 4.82. The number of nitrogens with zero attached hydrogens (tertiary/aromatic N) is 2. The van der Waals surface area contributed by atoms with Gasteiger partial charge in [-0.3, -0.25) is 0 Å². The summed E-state index contributed by atoms with van der Waals surface area (Å²) in [5.74, 6) is 0.713. The van der Waals surface area contributed by atoms with Gasteiger partial charge in [0.2, 0.25) is 0 Å². The molecule has 2 rings (SSSR count). The van der Waals surface area contributed by atoms with E-state index in [-0.39, 0.29) is 0 Å². The van der Waals surface area contributed by atoms with Crippen LogP contribution in [0.15, 0.2) is 30.3 Å². The van der Waals surface area contributed by atoms with Crippen LogP contribution in [-0.4, -0.2) is 25.2 Å². The highest BCUT2D eigenvalue weighted by molar-refractivity contribution is 5.91. The molecule has 0 unspecified atom stereocenters. The van der Waals surface area contributed by atoms with Crippen LogP contribution < -0.4 is 10.1 Å². The van der Waals surface area contributed by atoms with E-state index in [9.17, 15) is 10.1 Å². The van der Waals surface area contributed by atoms with E-state index >= 15 is 0 Å². The summed E-state index contributed by atoms with van der Waals surface area (Å²) in [5.41, 5.74) is 2.11. The fraction of sp³-hybridized carbons (Fsp3) is 0.235. The van der Waals surface area contributed by atoms with Gasteiger partial charge in [-0.15, -0.1) is 0 Å². The lowest BCUT2D eigenvalue weighted by Gasteiger charge is -2.11. The normalized spacial score (nSPS) is 9.83. The molecule has 0 bridgehead atoms. The number of aryl methyl sites for hydroxylation is 1. The van der Waals surface area contributed by atoms with Gasteiger partial charge < -0.3 is 14.8 Å². The molecule has 0 aliphatic heterocycles. The van der Waals surface area contributed by atoms with Crippen molar-refractivity contribution in [3.8, 4) is 11.8 Å². The Morgan fingerprint density at radius 2 is 2.00 bits per heavy atom. The maximum atomic E-state index is 11.6. The van der Waals surface area contributed by atoms with Crippen molar-refractivity contribution in [2.45, 2.75) is 13.5 Å². The van der Waals surface area contributed by atoms with Crippen LogP contribution in [0, 0.1) is 18.3 Å². The molecule has 0 amide bonds. The van der Waals surface area contributed by atoms with E-state index in [2.05, 4.69) is 15.0 Å². The van der Waals surface area contributed by atoms with Gasteiger partial charge in [0.05, 0.1) is 31.0 Å². The Hall–Kier alpha value is -3.07. The minimum absolute atomic E-state index is 0.291. The fourth-order valence-electron chi connectivity index (χ4n) is 2.07. The van der Waals surface area contributed by atoms with E-state index in [4.69, 9.17) is 4.74 Å². The summed E-state index contributed by atoms with van der Waals surface area (Å²) in [6.07, 6.45) is 0. The first kappa shape index (κ1) is 16.3. The zero-order chi connectivity index (χ0) is 16.8. The maximum absolute atomic E-state index is 11.6. The average molecular weight is 311 g/mol. The lowest BCUT2D eigenvalue weighted by atomic mass is 10.1. The quantitative estimate of drug-likeness (QED) is 0.855. The summed E-state index contributed by atoms with van der Waals surface area (Å²) >= 11 is 0. The number of rotatable bonds is 5. The Kier molecular flexibility index (Phi) is 5.15. The van der Waals surface area contributed by atoms with Crippen LogP contribution in [0.1, 0.15) is 27.2 Å². The van der Waals surface area contributed by atoms with E-state index in [1.165, 1.54) is 13.2 Å². The molecule has 6 nitrogen and oxygen atoms in total. The number of hydrogen-bond donors (Lipinski definition) is 1. The number of pyridine rings is 1. The van der Waals surface area contributed by atoms with Crippen molar-refractivity contribution >= 4 is 11.8 Å². The van der Waals surface area contributed by atoms with Crippen molar-refractivity contribution in [2.75, 3.05) is 19.5 Å². The van der Waals surface area contributed by atoms with Gasteiger partial charge in [-0.1, -0.05) is 12.1 Å². The molecule has 1 heterocycles. The third-order valence-corrected chi connectivity index (χ3v) is 3.36. The van der Waals surface area contributed by atoms with Crippen molar-refractivity contribution < 1.29 is 14.3 Å². The molecule has 2 aromatic rings. The minimum atomic E-state index is -0.506. The van der Waals surface area contributed by atoms with Gasteiger partial charge in [-0.05, 0) is 30.7 Å². The highest BCUT2D eigenvalue weighted by Gasteiger charge is 2.15. The van der Waals surface area contributed by atoms with E-state index in [0.29, 0.717) is 29.2 Å². The Labute approximate surface area is 134 Å². The number of carbonyl (C=O) groups is 1. The van der Waals surface area contributed by atoms with Gasteiger partial charge in [0.25, 0.3) is 0 Å². The predicted octanol–water partition coefficient (Wildman–Crippen LogP) is 2.67. The topological polar surface area (TPSA) is 84.2 Å². The molecule has 0 fully saturated rings.